The maximum Gasteiger partial charge on any atom is 0.0500 e. The molecule has 6 heavy (non-hydrogen) atoms. The molecule has 0 unspecified atom stereocenters. The van der Waals surface area contributed by atoms with Crippen LogP contribution in [0.2, 0.25) is 0 Å². The molecular formula is C4H6Cl2. The van der Waals surface area contributed by atoms with Crippen LogP contribution in [0.1, 0.15) is 12.8 Å². The molecule has 36 valence electrons. The molecule has 1 rings (SSSR count). The minimum atomic E-state index is 0.270. The van der Waals surface area contributed by atoms with Gasteiger partial charge in [-0.05, 0) is 12.8 Å². The van der Waals surface area contributed by atoms with E-state index >= 15 is 0 Å². The fourth-order valence-electron chi connectivity index (χ4n) is 0.419. The van der Waals surface area contributed by atoms with Gasteiger partial charge in [0.1, 0.15) is 0 Å². The molecule has 1 aliphatic rings. The Morgan fingerprint density at radius 1 is 1.00 bits per heavy atom. The van der Waals surface area contributed by atoms with Gasteiger partial charge >= 0.3 is 0 Å². The zero-order valence-corrected chi connectivity index (χ0v) is 4.84. The van der Waals surface area contributed by atoms with Gasteiger partial charge in [0.2, 0.25) is 0 Å². The second-order valence-electron chi connectivity index (χ2n) is 1.61. The highest BCUT2D eigenvalue weighted by molar-refractivity contribution is 6.31. The smallest absolute Gasteiger partial charge is 0.0500 e. The van der Waals surface area contributed by atoms with E-state index in [9.17, 15) is 0 Å². The lowest BCUT2D eigenvalue weighted by atomic mass is 9.99. The van der Waals surface area contributed by atoms with Gasteiger partial charge in [0, 0.05) is 10.8 Å². The van der Waals surface area contributed by atoms with Crippen molar-refractivity contribution in [3.05, 3.63) is 0 Å². The largest absolute Gasteiger partial charge is 0.121 e. The first-order valence-electron chi connectivity index (χ1n) is 2.09. The average molecular weight is 125 g/mol. The van der Waals surface area contributed by atoms with E-state index in [4.69, 9.17) is 23.2 Å². The van der Waals surface area contributed by atoms with Crippen LogP contribution in [0.5, 0.6) is 0 Å². The van der Waals surface area contributed by atoms with E-state index in [1.54, 1.807) is 0 Å². The van der Waals surface area contributed by atoms with E-state index in [2.05, 4.69) is 0 Å². The van der Waals surface area contributed by atoms with Gasteiger partial charge in [-0.15, -0.1) is 23.2 Å². The van der Waals surface area contributed by atoms with Crippen LogP contribution in [-0.4, -0.2) is 10.8 Å². The first kappa shape index (κ1) is 4.73. The molecule has 0 aliphatic heterocycles. The van der Waals surface area contributed by atoms with E-state index < -0.39 is 0 Å². The van der Waals surface area contributed by atoms with Crippen LogP contribution >= 0.6 is 23.2 Å². The number of halogens is 2. The van der Waals surface area contributed by atoms with Crippen molar-refractivity contribution in [2.75, 3.05) is 0 Å². The van der Waals surface area contributed by atoms with Crippen molar-refractivity contribution in [2.24, 2.45) is 0 Å². The summed E-state index contributed by atoms with van der Waals surface area (Å²) >= 11 is 11.1. The predicted octanol–water partition coefficient (Wildman–Crippen LogP) is 2.00. The second kappa shape index (κ2) is 1.59. The van der Waals surface area contributed by atoms with Crippen LogP contribution in [0, 0.1) is 0 Å². The number of alkyl halides is 2. The standard InChI is InChI=1S/C4H6Cl2/c5-3-1-2-4(3)6/h3-4H,1-2H2/t3-,4-/m1/s1. The molecule has 1 fully saturated rings. The summed E-state index contributed by atoms with van der Waals surface area (Å²) in [5.41, 5.74) is 0. The van der Waals surface area contributed by atoms with Crippen molar-refractivity contribution in [2.45, 2.75) is 23.6 Å². The Bertz CT molecular complexity index is 45.5. The molecule has 0 aromatic carbocycles. The Labute approximate surface area is 47.4 Å². The molecule has 0 nitrogen and oxygen atoms in total. The van der Waals surface area contributed by atoms with E-state index in [-0.39, 0.29) is 10.8 Å². The molecule has 0 bridgehead atoms. The third-order valence-corrected chi connectivity index (χ3v) is 2.28. The third kappa shape index (κ3) is 0.640. The summed E-state index contributed by atoms with van der Waals surface area (Å²) in [7, 11) is 0. The summed E-state index contributed by atoms with van der Waals surface area (Å²) in [6.07, 6.45) is 2.21. The zero-order chi connectivity index (χ0) is 4.57. The number of hydrogen-bond donors (Lipinski definition) is 0. The van der Waals surface area contributed by atoms with E-state index in [1.807, 2.05) is 0 Å². The van der Waals surface area contributed by atoms with Crippen LogP contribution in [-0.2, 0) is 0 Å². The Morgan fingerprint density at radius 2 is 1.33 bits per heavy atom. The topological polar surface area (TPSA) is 0 Å². The van der Waals surface area contributed by atoms with E-state index in [0.717, 1.165) is 12.8 Å². The van der Waals surface area contributed by atoms with Crippen molar-refractivity contribution in [3.63, 3.8) is 0 Å². The van der Waals surface area contributed by atoms with Crippen LogP contribution in [0.15, 0.2) is 0 Å². The molecule has 0 aromatic rings. The summed E-state index contributed by atoms with van der Waals surface area (Å²) in [6, 6.07) is 0. The summed E-state index contributed by atoms with van der Waals surface area (Å²) in [5, 5.41) is 0.540. The number of rotatable bonds is 0. The highest BCUT2D eigenvalue weighted by Crippen LogP contribution is 2.29. The molecule has 0 radical (unpaired) electrons. The summed E-state index contributed by atoms with van der Waals surface area (Å²) in [6.45, 7) is 0. The molecule has 1 aliphatic carbocycles. The maximum atomic E-state index is 5.57. The van der Waals surface area contributed by atoms with Crippen LogP contribution in [0.4, 0.5) is 0 Å². The predicted molar refractivity (Wildman–Crippen MR) is 28.5 cm³/mol. The molecule has 0 aromatic heterocycles. The van der Waals surface area contributed by atoms with Gasteiger partial charge in [0.05, 0.1) is 0 Å². The van der Waals surface area contributed by atoms with Gasteiger partial charge in [-0.1, -0.05) is 0 Å². The number of hydrogen-bond acceptors (Lipinski definition) is 0. The Morgan fingerprint density at radius 3 is 1.33 bits per heavy atom. The molecule has 2 atom stereocenters. The van der Waals surface area contributed by atoms with E-state index in [1.165, 1.54) is 0 Å². The minimum absolute atomic E-state index is 0.270. The fourth-order valence-corrected chi connectivity index (χ4v) is 0.923. The summed E-state index contributed by atoms with van der Waals surface area (Å²) in [5.74, 6) is 0. The molecule has 0 amide bonds. The highest BCUT2D eigenvalue weighted by Gasteiger charge is 2.25. The molecule has 0 saturated heterocycles. The van der Waals surface area contributed by atoms with Crippen molar-refractivity contribution in [1.29, 1.82) is 0 Å². The van der Waals surface area contributed by atoms with E-state index in [0.29, 0.717) is 0 Å². The fraction of sp³-hybridized carbons (Fsp3) is 1.00. The SMILES string of the molecule is Cl[C@@H]1CC[C@H]1Cl. The lowest BCUT2D eigenvalue weighted by molar-refractivity contribution is 0.524. The van der Waals surface area contributed by atoms with Crippen molar-refractivity contribution in [1.82, 2.24) is 0 Å². The van der Waals surface area contributed by atoms with Crippen LogP contribution in [0.3, 0.4) is 0 Å². The lowest BCUT2D eigenvalue weighted by Crippen LogP contribution is -2.26. The van der Waals surface area contributed by atoms with Crippen LogP contribution < -0.4 is 0 Å². The van der Waals surface area contributed by atoms with Gasteiger partial charge < -0.3 is 0 Å². The zero-order valence-electron chi connectivity index (χ0n) is 3.32. The van der Waals surface area contributed by atoms with Crippen molar-refractivity contribution >= 4 is 23.2 Å². The van der Waals surface area contributed by atoms with Crippen molar-refractivity contribution in [3.8, 4) is 0 Å². The van der Waals surface area contributed by atoms with Gasteiger partial charge in [0.15, 0.2) is 0 Å². The Hall–Kier alpha value is 0.580. The highest BCUT2D eigenvalue weighted by atomic mass is 35.5. The molecule has 2 heteroatoms. The first-order valence-corrected chi connectivity index (χ1v) is 2.96. The van der Waals surface area contributed by atoms with Gasteiger partial charge in [-0.3, -0.25) is 0 Å². The molecule has 0 N–H and O–H groups in total. The third-order valence-electron chi connectivity index (χ3n) is 1.11. The van der Waals surface area contributed by atoms with Crippen LogP contribution in [0.25, 0.3) is 0 Å². The van der Waals surface area contributed by atoms with Gasteiger partial charge in [-0.25, -0.2) is 0 Å². The molecular weight excluding hydrogens is 119 g/mol. The summed E-state index contributed by atoms with van der Waals surface area (Å²) in [4.78, 5) is 0. The average Bonchev–Trinajstić information content (AvgIpc) is 1.61. The minimum Gasteiger partial charge on any atom is -0.121 e. The summed E-state index contributed by atoms with van der Waals surface area (Å²) < 4.78 is 0. The van der Waals surface area contributed by atoms with Gasteiger partial charge in [-0.2, -0.15) is 0 Å². The second-order valence-corrected chi connectivity index (χ2v) is 2.73. The molecule has 1 saturated carbocycles. The quantitative estimate of drug-likeness (QED) is 0.434. The molecule has 0 spiro atoms. The lowest BCUT2D eigenvalue weighted by Gasteiger charge is -2.24. The molecule has 0 heterocycles. The van der Waals surface area contributed by atoms with Crippen molar-refractivity contribution < 1.29 is 0 Å². The maximum absolute atomic E-state index is 5.57. The Kier molecular flexibility index (Phi) is 1.25. The van der Waals surface area contributed by atoms with Gasteiger partial charge in [0.25, 0.3) is 0 Å². The monoisotopic (exact) mass is 124 g/mol. The normalized spacial score (nSPS) is 45.0. The Balaban J connectivity index is 2.20. The first-order chi connectivity index (χ1) is 2.80.